The molecule has 2 aromatic rings. The van der Waals surface area contributed by atoms with E-state index < -0.39 is 0 Å². The lowest BCUT2D eigenvalue weighted by Gasteiger charge is -2.29. The molecule has 2 heterocycles. The van der Waals surface area contributed by atoms with Crippen molar-refractivity contribution in [3.63, 3.8) is 0 Å². The summed E-state index contributed by atoms with van der Waals surface area (Å²) in [5.74, 6) is 0. The Bertz CT molecular complexity index is 559. The summed E-state index contributed by atoms with van der Waals surface area (Å²) in [7, 11) is 0. The molecule has 0 spiro atoms. The topological polar surface area (TPSA) is 29.3 Å². The van der Waals surface area contributed by atoms with Gasteiger partial charge in [0.15, 0.2) is 0 Å². The van der Waals surface area contributed by atoms with Crippen LogP contribution < -0.4 is 10.6 Å². The average molecular weight is 286 g/mol. The second-order valence-electron chi connectivity index (χ2n) is 5.58. The maximum absolute atomic E-state index is 6.02. The number of nitrogens with zero attached hydrogens (tertiary/aromatic N) is 1. The molecule has 3 rings (SSSR count). The Morgan fingerprint density at radius 2 is 2.05 bits per heavy atom. The van der Waals surface area contributed by atoms with Crippen molar-refractivity contribution in [2.24, 2.45) is 5.73 Å². The molecule has 20 heavy (non-hydrogen) atoms. The predicted molar refractivity (Wildman–Crippen MR) is 87.5 cm³/mol. The van der Waals surface area contributed by atoms with E-state index in [1.54, 1.807) is 4.88 Å². The van der Waals surface area contributed by atoms with Gasteiger partial charge in [-0.25, -0.2) is 0 Å². The van der Waals surface area contributed by atoms with Gasteiger partial charge in [-0.05, 0) is 54.0 Å². The third-order valence-corrected chi connectivity index (χ3v) is 5.15. The van der Waals surface area contributed by atoms with Crippen molar-refractivity contribution in [1.29, 1.82) is 0 Å². The molecule has 2 nitrogen and oxygen atoms in total. The van der Waals surface area contributed by atoms with Gasteiger partial charge in [0.2, 0.25) is 0 Å². The van der Waals surface area contributed by atoms with Crippen LogP contribution in [0.1, 0.15) is 29.3 Å². The number of thiophene rings is 1. The van der Waals surface area contributed by atoms with Crippen LogP contribution in [0.25, 0.3) is 0 Å². The second-order valence-corrected chi connectivity index (χ2v) is 6.58. The summed E-state index contributed by atoms with van der Waals surface area (Å²) in [4.78, 5) is 4.03. The quantitative estimate of drug-likeness (QED) is 0.930. The molecule has 106 valence electrons. The standard InChI is InChI=1S/C17H22N2S/c1-2-15(18)11-13-3-5-16(6-4-13)19-9-7-17-14(12-19)8-10-20-17/h3-6,8,10,15H,2,7,9,11-12,18H2,1H3. The SMILES string of the molecule is CCC(N)Cc1ccc(N2CCc3sccc3C2)cc1. The van der Waals surface area contributed by atoms with E-state index in [-0.39, 0.29) is 6.04 Å². The van der Waals surface area contributed by atoms with Crippen molar-refractivity contribution in [2.45, 2.75) is 38.8 Å². The van der Waals surface area contributed by atoms with E-state index in [4.69, 9.17) is 5.73 Å². The van der Waals surface area contributed by atoms with Gasteiger partial charge < -0.3 is 10.6 Å². The van der Waals surface area contributed by atoms with Gasteiger partial charge in [0.1, 0.15) is 0 Å². The molecule has 2 N–H and O–H groups in total. The van der Waals surface area contributed by atoms with Gasteiger partial charge in [-0.1, -0.05) is 19.1 Å². The highest BCUT2D eigenvalue weighted by atomic mass is 32.1. The van der Waals surface area contributed by atoms with E-state index >= 15 is 0 Å². The van der Waals surface area contributed by atoms with Gasteiger partial charge in [-0.15, -0.1) is 11.3 Å². The molecule has 0 aliphatic carbocycles. The molecule has 1 aromatic carbocycles. The van der Waals surface area contributed by atoms with E-state index in [1.807, 2.05) is 11.3 Å². The van der Waals surface area contributed by atoms with Crippen molar-refractivity contribution in [3.8, 4) is 0 Å². The molecule has 0 fully saturated rings. The van der Waals surface area contributed by atoms with Gasteiger partial charge in [0.25, 0.3) is 0 Å². The highest BCUT2D eigenvalue weighted by Gasteiger charge is 2.17. The molecule has 1 unspecified atom stereocenters. The first-order chi connectivity index (χ1) is 9.76. The van der Waals surface area contributed by atoms with Crippen molar-refractivity contribution >= 4 is 17.0 Å². The average Bonchev–Trinajstić information content (AvgIpc) is 2.95. The van der Waals surface area contributed by atoms with Gasteiger partial charge in [-0.2, -0.15) is 0 Å². The van der Waals surface area contributed by atoms with E-state index in [2.05, 4.69) is 47.5 Å². The van der Waals surface area contributed by atoms with Crippen LogP contribution >= 0.6 is 11.3 Å². The van der Waals surface area contributed by atoms with Crippen LogP contribution in [0.3, 0.4) is 0 Å². The van der Waals surface area contributed by atoms with E-state index in [0.717, 1.165) is 25.9 Å². The maximum atomic E-state index is 6.02. The van der Waals surface area contributed by atoms with Crippen LogP contribution in [0, 0.1) is 0 Å². The van der Waals surface area contributed by atoms with Gasteiger partial charge in [0, 0.05) is 29.7 Å². The first-order valence-corrected chi connectivity index (χ1v) is 8.29. The fourth-order valence-corrected chi connectivity index (χ4v) is 3.65. The monoisotopic (exact) mass is 286 g/mol. The van der Waals surface area contributed by atoms with Crippen LogP contribution in [0.15, 0.2) is 35.7 Å². The number of nitrogens with two attached hydrogens (primary N) is 1. The number of fused-ring (bicyclic) bond motifs is 1. The van der Waals surface area contributed by atoms with E-state index in [9.17, 15) is 0 Å². The molecule has 1 atom stereocenters. The molecule has 0 radical (unpaired) electrons. The molecule has 0 saturated carbocycles. The van der Waals surface area contributed by atoms with Gasteiger partial charge in [-0.3, -0.25) is 0 Å². The lowest BCUT2D eigenvalue weighted by atomic mass is 10.0. The molecule has 0 saturated heterocycles. The summed E-state index contributed by atoms with van der Waals surface area (Å²) < 4.78 is 0. The summed E-state index contributed by atoms with van der Waals surface area (Å²) in [5, 5.41) is 2.21. The summed E-state index contributed by atoms with van der Waals surface area (Å²) in [6, 6.07) is 11.5. The van der Waals surface area contributed by atoms with Crippen LogP contribution in [-0.4, -0.2) is 12.6 Å². The third kappa shape index (κ3) is 2.89. The Kier molecular flexibility index (Phi) is 4.08. The predicted octanol–water partition coefficient (Wildman–Crippen LogP) is 3.59. The minimum absolute atomic E-state index is 0.282. The number of hydrogen-bond donors (Lipinski definition) is 1. The summed E-state index contributed by atoms with van der Waals surface area (Å²) >= 11 is 1.89. The van der Waals surface area contributed by atoms with Crippen LogP contribution in [0.2, 0.25) is 0 Å². The number of benzene rings is 1. The number of rotatable bonds is 4. The third-order valence-electron chi connectivity index (χ3n) is 4.13. The molecule has 1 aliphatic heterocycles. The fourth-order valence-electron chi connectivity index (χ4n) is 2.76. The summed E-state index contributed by atoms with van der Waals surface area (Å²) in [5.41, 5.74) is 10.2. The minimum atomic E-state index is 0.282. The van der Waals surface area contributed by atoms with Crippen molar-refractivity contribution < 1.29 is 0 Å². The zero-order valence-electron chi connectivity index (χ0n) is 12.0. The van der Waals surface area contributed by atoms with Crippen molar-refractivity contribution in [1.82, 2.24) is 0 Å². The van der Waals surface area contributed by atoms with Crippen molar-refractivity contribution in [3.05, 3.63) is 51.7 Å². The van der Waals surface area contributed by atoms with E-state index in [0.29, 0.717) is 0 Å². The highest BCUT2D eigenvalue weighted by Crippen LogP contribution is 2.28. The number of hydrogen-bond acceptors (Lipinski definition) is 3. The second kappa shape index (κ2) is 5.98. The highest BCUT2D eigenvalue weighted by molar-refractivity contribution is 7.10. The van der Waals surface area contributed by atoms with Crippen LogP contribution in [0.5, 0.6) is 0 Å². The van der Waals surface area contributed by atoms with Gasteiger partial charge >= 0.3 is 0 Å². The number of anilines is 1. The Hall–Kier alpha value is -1.32. The summed E-state index contributed by atoms with van der Waals surface area (Å²) in [6.07, 6.45) is 3.19. The molecule has 0 amide bonds. The molecule has 1 aromatic heterocycles. The summed E-state index contributed by atoms with van der Waals surface area (Å²) in [6.45, 7) is 4.32. The first-order valence-electron chi connectivity index (χ1n) is 7.41. The fraction of sp³-hybridized carbons (Fsp3) is 0.412. The Balaban J connectivity index is 1.69. The molecule has 0 bridgehead atoms. The zero-order valence-corrected chi connectivity index (χ0v) is 12.8. The van der Waals surface area contributed by atoms with E-state index in [1.165, 1.54) is 23.2 Å². The largest absolute Gasteiger partial charge is 0.367 e. The molecule has 3 heteroatoms. The molecular formula is C17H22N2S. The van der Waals surface area contributed by atoms with Crippen LogP contribution in [0.4, 0.5) is 5.69 Å². The van der Waals surface area contributed by atoms with Gasteiger partial charge in [0.05, 0.1) is 0 Å². The lowest BCUT2D eigenvalue weighted by Crippen LogP contribution is -2.29. The van der Waals surface area contributed by atoms with Crippen LogP contribution in [-0.2, 0) is 19.4 Å². The zero-order chi connectivity index (χ0) is 13.9. The Morgan fingerprint density at radius 3 is 2.80 bits per heavy atom. The first kappa shape index (κ1) is 13.7. The Labute approximate surface area is 125 Å². The molecule has 1 aliphatic rings. The minimum Gasteiger partial charge on any atom is -0.367 e. The Morgan fingerprint density at radius 1 is 1.25 bits per heavy atom. The lowest BCUT2D eigenvalue weighted by molar-refractivity contribution is 0.646. The smallest absolute Gasteiger partial charge is 0.0440 e. The normalized spacial score (nSPS) is 16.0. The molecular weight excluding hydrogens is 264 g/mol. The maximum Gasteiger partial charge on any atom is 0.0440 e. The van der Waals surface area contributed by atoms with Crippen molar-refractivity contribution in [2.75, 3.05) is 11.4 Å².